The van der Waals surface area contributed by atoms with Gasteiger partial charge in [0.15, 0.2) is 0 Å². The summed E-state index contributed by atoms with van der Waals surface area (Å²) in [5.74, 6) is 0.621. The van der Waals surface area contributed by atoms with Gasteiger partial charge in [-0.2, -0.15) is 0 Å². The van der Waals surface area contributed by atoms with E-state index in [1.165, 1.54) is 5.57 Å². The van der Waals surface area contributed by atoms with Crippen LogP contribution in [-0.2, 0) is 0 Å². The average Bonchev–Trinajstić information content (AvgIpc) is 2.22. The lowest BCUT2D eigenvalue weighted by molar-refractivity contribution is 0.584. The van der Waals surface area contributed by atoms with Gasteiger partial charge in [0.25, 0.3) is 0 Å². The third-order valence-electron chi connectivity index (χ3n) is 2.48. The molecule has 1 unspecified atom stereocenters. The Morgan fingerprint density at radius 3 is 3.00 bits per heavy atom. The maximum Gasteiger partial charge on any atom is 0.0144 e. The largest absolute Gasteiger partial charge is 0.313 e. The monoisotopic (exact) mass is 203 g/mol. The Kier molecular flexibility index (Phi) is 5.79. The minimum atomic E-state index is 0.621. The Bertz CT molecular complexity index is 282. The van der Waals surface area contributed by atoms with Crippen molar-refractivity contribution in [2.45, 2.75) is 20.3 Å². The Morgan fingerprint density at radius 1 is 1.40 bits per heavy atom. The third kappa shape index (κ3) is 4.80. The SMILES string of the molecule is C/C=C\CC1\C=C/C(/C=C\C)=C\CNC1. The quantitative estimate of drug-likeness (QED) is 0.694. The van der Waals surface area contributed by atoms with E-state index in [0.717, 1.165) is 19.5 Å². The van der Waals surface area contributed by atoms with Crippen LogP contribution < -0.4 is 5.32 Å². The summed E-state index contributed by atoms with van der Waals surface area (Å²) < 4.78 is 0. The summed E-state index contributed by atoms with van der Waals surface area (Å²) >= 11 is 0. The van der Waals surface area contributed by atoms with Crippen LogP contribution in [0.1, 0.15) is 20.3 Å². The molecule has 0 aromatic heterocycles. The summed E-state index contributed by atoms with van der Waals surface area (Å²) in [5.41, 5.74) is 1.30. The highest BCUT2D eigenvalue weighted by molar-refractivity contribution is 5.31. The summed E-state index contributed by atoms with van der Waals surface area (Å²) in [6, 6.07) is 0. The van der Waals surface area contributed by atoms with Gasteiger partial charge >= 0.3 is 0 Å². The maximum atomic E-state index is 3.44. The van der Waals surface area contributed by atoms with Crippen LogP contribution in [0.4, 0.5) is 0 Å². The zero-order chi connectivity index (χ0) is 10.9. The summed E-state index contributed by atoms with van der Waals surface area (Å²) in [7, 11) is 0. The highest BCUT2D eigenvalue weighted by Crippen LogP contribution is 2.10. The molecule has 15 heavy (non-hydrogen) atoms. The maximum absolute atomic E-state index is 3.44. The van der Waals surface area contributed by atoms with Gasteiger partial charge in [-0.15, -0.1) is 0 Å². The fourth-order valence-corrected chi connectivity index (χ4v) is 1.63. The van der Waals surface area contributed by atoms with Crippen molar-refractivity contribution in [2.75, 3.05) is 13.1 Å². The molecule has 0 saturated heterocycles. The first-order chi connectivity index (χ1) is 7.36. The molecule has 1 aliphatic rings. The smallest absolute Gasteiger partial charge is 0.0144 e. The average molecular weight is 203 g/mol. The predicted octanol–water partition coefficient (Wildman–Crippen LogP) is 3.23. The molecule has 0 aromatic carbocycles. The summed E-state index contributed by atoms with van der Waals surface area (Å²) in [4.78, 5) is 0. The van der Waals surface area contributed by atoms with Crippen molar-refractivity contribution in [3.63, 3.8) is 0 Å². The minimum Gasteiger partial charge on any atom is -0.313 e. The standard InChI is InChI=1S/C14H21N/c1-3-5-7-14-9-8-13(6-4-2)10-11-15-12-14/h3-6,8-10,14-15H,7,11-12H2,1-2H3/b5-3-,6-4-,9-8-,13-10-. The first-order valence-corrected chi connectivity index (χ1v) is 5.69. The lowest BCUT2D eigenvalue weighted by Gasteiger charge is -2.13. The van der Waals surface area contributed by atoms with Gasteiger partial charge in [0.1, 0.15) is 0 Å². The molecular formula is C14H21N. The minimum absolute atomic E-state index is 0.621. The molecule has 1 aliphatic heterocycles. The molecular weight excluding hydrogens is 182 g/mol. The van der Waals surface area contributed by atoms with E-state index >= 15 is 0 Å². The van der Waals surface area contributed by atoms with Gasteiger partial charge in [0.05, 0.1) is 0 Å². The van der Waals surface area contributed by atoms with Crippen LogP contribution >= 0.6 is 0 Å². The van der Waals surface area contributed by atoms with E-state index in [1.807, 2.05) is 0 Å². The van der Waals surface area contributed by atoms with Crippen molar-refractivity contribution >= 4 is 0 Å². The summed E-state index contributed by atoms with van der Waals surface area (Å²) in [6.07, 6.45) is 16.5. The van der Waals surface area contributed by atoms with Gasteiger partial charge in [-0.3, -0.25) is 0 Å². The van der Waals surface area contributed by atoms with Gasteiger partial charge in [0.2, 0.25) is 0 Å². The van der Waals surface area contributed by atoms with Crippen molar-refractivity contribution in [3.05, 3.63) is 48.1 Å². The lowest BCUT2D eigenvalue weighted by Crippen LogP contribution is -2.22. The van der Waals surface area contributed by atoms with Gasteiger partial charge in [-0.1, -0.05) is 42.5 Å². The Hall–Kier alpha value is -1.08. The first kappa shape index (κ1) is 12.0. The normalized spacial score (nSPS) is 28.7. The van der Waals surface area contributed by atoms with Gasteiger partial charge in [-0.25, -0.2) is 0 Å². The van der Waals surface area contributed by atoms with Crippen molar-refractivity contribution in [1.29, 1.82) is 0 Å². The van der Waals surface area contributed by atoms with Crippen LogP contribution in [0.15, 0.2) is 48.1 Å². The molecule has 0 saturated carbocycles. The van der Waals surface area contributed by atoms with Gasteiger partial charge in [0, 0.05) is 13.1 Å². The van der Waals surface area contributed by atoms with E-state index < -0.39 is 0 Å². The Morgan fingerprint density at radius 2 is 2.27 bits per heavy atom. The molecule has 82 valence electrons. The zero-order valence-electron chi connectivity index (χ0n) is 9.74. The fraction of sp³-hybridized carbons (Fsp3) is 0.429. The molecule has 0 aromatic rings. The Labute approximate surface area is 93.3 Å². The van der Waals surface area contributed by atoms with Crippen molar-refractivity contribution in [1.82, 2.24) is 5.32 Å². The molecule has 0 bridgehead atoms. The highest BCUT2D eigenvalue weighted by Gasteiger charge is 2.03. The molecule has 0 fully saturated rings. The van der Waals surface area contributed by atoms with Gasteiger partial charge < -0.3 is 5.32 Å². The molecule has 0 spiro atoms. The van der Waals surface area contributed by atoms with Crippen molar-refractivity contribution in [3.8, 4) is 0 Å². The molecule has 0 radical (unpaired) electrons. The number of hydrogen-bond acceptors (Lipinski definition) is 1. The molecule has 1 heterocycles. The number of allylic oxidation sites excluding steroid dienone is 6. The molecule has 0 amide bonds. The van der Waals surface area contributed by atoms with Gasteiger partial charge in [-0.05, 0) is 31.8 Å². The van der Waals surface area contributed by atoms with Crippen molar-refractivity contribution < 1.29 is 0 Å². The molecule has 1 rings (SSSR count). The molecule has 1 heteroatoms. The third-order valence-corrected chi connectivity index (χ3v) is 2.48. The molecule has 1 N–H and O–H groups in total. The topological polar surface area (TPSA) is 12.0 Å². The second-order valence-corrected chi connectivity index (χ2v) is 3.79. The predicted molar refractivity (Wildman–Crippen MR) is 67.8 cm³/mol. The summed E-state index contributed by atoms with van der Waals surface area (Å²) in [5, 5.41) is 3.44. The molecule has 1 nitrogen and oxygen atoms in total. The van der Waals surface area contributed by atoms with E-state index in [1.54, 1.807) is 0 Å². The van der Waals surface area contributed by atoms with Crippen LogP contribution in [0.3, 0.4) is 0 Å². The number of nitrogens with one attached hydrogen (secondary N) is 1. The van der Waals surface area contributed by atoms with Crippen LogP contribution in [0.5, 0.6) is 0 Å². The van der Waals surface area contributed by atoms with Crippen molar-refractivity contribution in [2.24, 2.45) is 5.92 Å². The second-order valence-electron chi connectivity index (χ2n) is 3.79. The van der Waals surface area contributed by atoms with Crippen LogP contribution in [0.2, 0.25) is 0 Å². The number of hydrogen-bond donors (Lipinski definition) is 1. The molecule has 1 atom stereocenters. The lowest BCUT2D eigenvalue weighted by atomic mass is 10.0. The molecule has 0 aliphatic carbocycles. The van der Waals surface area contributed by atoms with E-state index in [0.29, 0.717) is 5.92 Å². The van der Waals surface area contributed by atoms with E-state index in [4.69, 9.17) is 0 Å². The van der Waals surface area contributed by atoms with Crippen LogP contribution in [0.25, 0.3) is 0 Å². The van der Waals surface area contributed by atoms with E-state index in [2.05, 4.69) is 61.7 Å². The zero-order valence-corrected chi connectivity index (χ0v) is 9.74. The summed E-state index contributed by atoms with van der Waals surface area (Å²) in [6.45, 7) is 6.17. The van der Waals surface area contributed by atoms with E-state index in [-0.39, 0.29) is 0 Å². The van der Waals surface area contributed by atoms with E-state index in [9.17, 15) is 0 Å². The second kappa shape index (κ2) is 7.24. The number of rotatable bonds is 3. The fourth-order valence-electron chi connectivity index (χ4n) is 1.63. The highest BCUT2D eigenvalue weighted by atomic mass is 14.8. The van der Waals surface area contributed by atoms with Crippen LogP contribution in [0, 0.1) is 5.92 Å². The first-order valence-electron chi connectivity index (χ1n) is 5.69. The van der Waals surface area contributed by atoms with Crippen LogP contribution in [-0.4, -0.2) is 13.1 Å². The Balaban J connectivity index is 2.60.